The van der Waals surface area contributed by atoms with Crippen molar-refractivity contribution >= 4 is 32.3 Å². The van der Waals surface area contributed by atoms with E-state index in [2.05, 4.69) is 33.5 Å². The molecule has 0 spiro atoms. The highest BCUT2D eigenvalue weighted by Gasteiger charge is 2.35. The van der Waals surface area contributed by atoms with Crippen LogP contribution in [-0.4, -0.2) is 64.4 Å². The summed E-state index contributed by atoms with van der Waals surface area (Å²) in [7, 11) is 0.257. The summed E-state index contributed by atoms with van der Waals surface area (Å²) in [5.41, 5.74) is 3.98. The number of piperidine rings is 1. The first kappa shape index (κ1) is 30.5. The summed E-state index contributed by atoms with van der Waals surface area (Å²) in [6.45, 7) is 5.62. The van der Waals surface area contributed by atoms with Gasteiger partial charge in [-0.3, -0.25) is 19.5 Å². The SMILES string of the molecule is CCS(=O)(=O)Nc1cc(-c2cc(NC3CCN(C)CC3)c(=O)n(C)c2)cc2c1ccn2C(C)(c1ccccn1)c1ccccn1. The number of pyridine rings is 3. The Labute approximate surface area is 263 Å². The van der Waals surface area contributed by atoms with E-state index >= 15 is 0 Å². The third kappa shape index (κ3) is 5.97. The van der Waals surface area contributed by atoms with Crippen LogP contribution < -0.4 is 15.6 Å². The molecular formula is C34H39N7O3S. The summed E-state index contributed by atoms with van der Waals surface area (Å²) >= 11 is 0. The summed E-state index contributed by atoms with van der Waals surface area (Å²) in [6, 6.07) is 19.5. The number of aromatic nitrogens is 4. The molecular weight excluding hydrogens is 586 g/mol. The third-order valence-corrected chi connectivity index (χ3v) is 10.1. The lowest BCUT2D eigenvalue weighted by Gasteiger charge is -2.32. The largest absolute Gasteiger partial charge is 0.378 e. The van der Waals surface area contributed by atoms with Gasteiger partial charge in [-0.25, -0.2) is 8.42 Å². The van der Waals surface area contributed by atoms with Gasteiger partial charge in [0.1, 0.15) is 11.2 Å². The Hall–Kier alpha value is -4.48. The van der Waals surface area contributed by atoms with E-state index in [0.717, 1.165) is 59.3 Å². The number of nitrogens with zero attached hydrogens (tertiary/aromatic N) is 5. The molecule has 5 aromatic rings. The number of aryl methyl sites for hydroxylation is 1. The van der Waals surface area contributed by atoms with Crippen molar-refractivity contribution in [2.24, 2.45) is 7.05 Å². The molecule has 0 radical (unpaired) electrons. The minimum Gasteiger partial charge on any atom is -0.378 e. The number of hydrogen-bond acceptors (Lipinski definition) is 7. The van der Waals surface area contributed by atoms with Gasteiger partial charge >= 0.3 is 0 Å². The van der Waals surface area contributed by atoms with Crippen molar-refractivity contribution in [3.05, 3.63) is 107 Å². The Morgan fingerprint density at radius 1 is 0.911 bits per heavy atom. The normalized spacial score (nSPS) is 14.9. The van der Waals surface area contributed by atoms with Crippen LogP contribution in [0.5, 0.6) is 0 Å². The minimum atomic E-state index is -3.60. The van der Waals surface area contributed by atoms with Crippen molar-refractivity contribution in [2.75, 3.05) is 35.9 Å². The van der Waals surface area contributed by atoms with Crippen LogP contribution in [0, 0.1) is 0 Å². The number of rotatable bonds is 9. The van der Waals surface area contributed by atoms with Gasteiger partial charge in [0.25, 0.3) is 5.56 Å². The average molecular weight is 626 g/mol. The van der Waals surface area contributed by atoms with Crippen molar-refractivity contribution < 1.29 is 8.42 Å². The first-order chi connectivity index (χ1) is 21.6. The fraction of sp³-hybridized carbons (Fsp3) is 0.324. The highest BCUT2D eigenvalue weighted by Crippen LogP contribution is 2.39. The van der Waals surface area contributed by atoms with Gasteiger partial charge < -0.3 is 19.4 Å². The summed E-state index contributed by atoms with van der Waals surface area (Å²) in [5, 5.41) is 4.24. The molecule has 45 heavy (non-hydrogen) atoms. The fourth-order valence-corrected chi connectivity index (χ4v) is 6.80. The van der Waals surface area contributed by atoms with E-state index in [-0.39, 0.29) is 17.4 Å². The van der Waals surface area contributed by atoms with Crippen LogP contribution in [0.15, 0.2) is 90.2 Å². The van der Waals surface area contributed by atoms with Crippen LogP contribution in [0.2, 0.25) is 0 Å². The summed E-state index contributed by atoms with van der Waals surface area (Å²) < 4.78 is 32.3. The summed E-state index contributed by atoms with van der Waals surface area (Å²) in [6.07, 6.45) is 9.17. The zero-order chi connectivity index (χ0) is 31.8. The van der Waals surface area contributed by atoms with Gasteiger partial charge in [-0.2, -0.15) is 0 Å². The smallest absolute Gasteiger partial charge is 0.273 e. The van der Waals surface area contributed by atoms with Crippen LogP contribution in [0.3, 0.4) is 0 Å². The molecule has 0 saturated carbocycles. The lowest BCUT2D eigenvalue weighted by Crippen LogP contribution is -2.38. The van der Waals surface area contributed by atoms with Crippen LogP contribution in [0.1, 0.15) is 38.1 Å². The molecule has 4 aromatic heterocycles. The first-order valence-corrected chi connectivity index (χ1v) is 16.9. The Morgan fingerprint density at radius 2 is 1.56 bits per heavy atom. The zero-order valence-corrected chi connectivity index (χ0v) is 26.9. The monoisotopic (exact) mass is 625 g/mol. The maximum absolute atomic E-state index is 13.2. The van der Waals surface area contributed by atoms with Gasteiger partial charge in [0, 0.05) is 48.8 Å². The Balaban J connectivity index is 1.56. The van der Waals surface area contributed by atoms with Crippen LogP contribution >= 0.6 is 0 Å². The van der Waals surface area contributed by atoms with Crippen LogP contribution in [0.25, 0.3) is 22.0 Å². The second-order valence-corrected chi connectivity index (χ2v) is 13.9. The van der Waals surface area contributed by atoms with Crippen molar-refractivity contribution in [3.63, 3.8) is 0 Å². The van der Waals surface area contributed by atoms with E-state index in [1.165, 1.54) is 0 Å². The van der Waals surface area contributed by atoms with E-state index in [4.69, 9.17) is 9.97 Å². The average Bonchev–Trinajstić information content (AvgIpc) is 3.49. The van der Waals surface area contributed by atoms with E-state index in [9.17, 15) is 13.2 Å². The van der Waals surface area contributed by atoms with Gasteiger partial charge in [-0.05, 0) is 101 Å². The molecule has 0 aliphatic carbocycles. The van der Waals surface area contributed by atoms with Gasteiger partial charge in [0.05, 0.1) is 28.3 Å². The number of sulfonamides is 1. The van der Waals surface area contributed by atoms with E-state index in [1.54, 1.807) is 37.1 Å². The minimum absolute atomic E-state index is 0.0660. The second-order valence-electron chi connectivity index (χ2n) is 11.9. The first-order valence-electron chi connectivity index (χ1n) is 15.2. The zero-order valence-electron chi connectivity index (χ0n) is 26.1. The maximum atomic E-state index is 13.2. The molecule has 5 heterocycles. The lowest BCUT2D eigenvalue weighted by atomic mass is 9.91. The highest BCUT2D eigenvalue weighted by atomic mass is 32.2. The van der Waals surface area contributed by atoms with E-state index < -0.39 is 15.6 Å². The third-order valence-electron chi connectivity index (χ3n) is 8.86. The molecule has 0 atom stereocenters. The molecule has 234 valence electrons. The molecule has 1 fully saturated rings. The lowest BCUT2D eigenvalue weighted by molar-refractivity contribution is 0.264. The van der Waals surface area contributed by atoms with Crippen molar-refractivity contribution in [1.29, 1.82) is 0 Å². The number of benzene rings is 1. The molecule has 6 rings (SSSR count). The van der Waals surface area contributed by atoms with Crippen LogP contribution in [-0.2, 0) is 22.6 Å². The quantitative estimate of drug-likeness (QED) is 0.240. The molecule has 1 aromatic carbocycles. The van der Waals surface area contributed by atoms with Gasteiger partial charge in [-0.1, -0.05) is 12.1 Å². The molecule has 2 N–H and O–H groups in total. The predicted molar refractivity (Wildman–Crippen MR) is 180 cm³/mol. The predicted octanol–water partition coefficient (Wildman–Crippen LogP) is 4.88. The summed E-state index contributed by atoms with van der Waals surface area (Å²) in [5.74, 6) is -0.0660. The number of anilines is 2. The second kappa shape index (κ2) is 12.1. The number of nitrogens with one attached hydrogen (secondary N) is 2. The fourth-order valence-electron chi connectivity index (χ4n) is 6.15. The van der Waals surface area contributed by atoms with Crippen LogP contribution in [0.4, 0.5) is 11.4 Å². The summed E-state index contributed by atoms with van der Waals surface area (Å²) in [4.78, 5) is 25.0. The van der Waals surface area contributed by atoms with Crippen molar-refractivity contribution in [3.8, 4) is 11.1 Å². The van der Waals surface area contributed by atoms with E-state index in [0.29, 0.717) is 11.4 Å². The number of hydrogen-bond donors (Lipinski definition) is 2. The number of fused-ring (bicyclic) bond motifs is 1. The Bertz CT molecular complexity index is 1940. The molecule has 10 nitrogen and oxygen atoms in total. The Morgan fingerprint density at radius 3 is 2.16 bits per heavy atom. The van der Waals surface area contributed by atoms with Gasteiger partial charge in [0.15, 0.2) is 0 Å². The maximum Gasteiger partial charge on any atom is 0.273 e. The molecule has 0 unspecified atom stereocenters. The van der Waals surface area contributed by atoms with Crippen molar-refractivity contribution in [1.82, 2.24) is 24.0 Å². The Kier molecular flexibility index (Phi) is 8.23. The highest BCUT2D eigenvalue weighted by molar-refractivity contribution is 7.92. The molecule has 11 heteroatoms. The molecule has 1 saturated heterocycles. The van der Waals surface area contributed by atoms with Gasteiger partial charge in [-0.15, -0.1) is 0 Å². The molecule has 1 aliphatic heterocycles. The number of likely N-dealkylation sites (tertiary alicyclic amines) is 1. The molecule has 1 aliphatic rings. The van der Waals surface area contributed by atoms with Gasteiger partial charge in [0.2, 0.25) is 10.0 Å². The standard InChI is InChI=1S/C34H39N7O3S/c1-5-45(43,44)38-28-20-24(25-21-29(33(42)40(4)23-25)37-26-12-17-39(3)18-13-26)22-30-27(28)14-19-41(30)34(2,31-10-6-8-15-35-31)32-11-7-9-16-36-32/h6-11,14-16,19-23,26,37-38H,5,12-13,17-18H2,1-4H3. The topological polar surface area (TPSA) is 114 Å². The molecule has 0 amide bonds. The van der Waals surface area contributed by atoms with Crippen molar-refractivity contribution in [2.45, 2.75) is 38.3 Å². The molecule has 0 bridgehead atoms. The van der Waals surface area contributed by atoms with E-state index in [1.807, 2.05) is 66.9 Å².